The molecule has 18 heavy (non-hydrogen) atoms. The van der Waals surface area contributed by atoms with E-state index in [9.17, 15) is 4.79 Å². The maximum absolute atomic E-state index is 11.6. The highest BCUT2D eigenvalue weighted by Gasteiger charge is 2.20. The molecule has 0 saturated heterocycles. The van der Waals surface area contributed by atoms with Crippen LogP contribution in [0.25, 0.3) is 0 Å². The minimum absolute atomic E-state index is 0.119. The smallest absolute Gasteiger partial charge is 0.319 e. The summed E-state index contributed by atoms with van der Waals surface area (Å²) in [5.74, 6) is -0.176. The van der Waals surface area contributed by atoms with Crippen molar-refractivity contribution < 1.29 is 9.53 Å². The zero-order chi connectivity index (χ0) is 13.5. The molecule has 1 unspecified atom stereocenters. The van der Waals surface area contributed by atoms with Gasteiger partial charge in [0.2, 0.25) is 0 Å². The third kappa shape index (κ3) is 3.60. The minimum Gasteiger partial charge on any atom is -0.465 e. The number of carbonyl (C=O) groups excluding carboxylic acids is 1. The highest BCUT2D eigenvalue weighted by atomic mass is 32.2. The molecule has 0 amide bonds. The van der Waals surface area contributed by atoms with E-state index in [2.05, 4.69) is 9.97 Å². The fourth-order valence-electron chi connectivity index (χ4n) is 1.18. The molecular weight excluding hydrogens is 252 g/mol. The molecule has 0 aromatic carbocycles. The number of rotatable bonds is 5. The van der Waals surface area contributed by atoms with Crippen LogP contribution in [-0.2, 0) is 9.53 Å². The summed E-state index contributed by atoms with van der Waals surface area (Å²) >= 11 is 1.18. The molecule has 7 heteroatoms. The quantitative estimate of drug-likeness (QED) is 0.487. The molecule has 1 rings (SSSR count). The van der Waals surface area contributed by atoms with Crippen molar-refractivity contribution in [2.24, 2.45) is 0 Å². The number of hydrogen-bond acceptors (Lipinski definition) is 7. The Morgan fingerprint density at radius 2 is 2.39 bits per heavy atom. The molecule has 0 aliphatic rings. The van der Waals surface area contributed by atoms with Crippen molar-refractivity contribution in [3.8, 4) is 6.07 Å². The molecule has 0 saturated carbocycles. The number of nitrogens with two attached hydrogens (primary N) is 1. The molecule has 0 bridgehead atoms. The van der Waals surface area contributed by atoms with E-state index in [4.69, 9.17) is 15.7 Å². The number of esters is 1. The number of hydrogen-bond donors (Lipinski definition) is 1. The normalized spacial score (nSPS) is 11.6. The van der Waals surface area contributed by atoms with E-state index in [1.54, 1.807) is 6.92 Å². The van der Waals surface area contributed by atoms with Crippen LogP contribution in [0.4, 0.5) is 5.82 Å². The number of ether oxygens (including phenoxy) is 1. The first-order valence-corrected chi connectivity index (χ1v) is 6.36. The lowest BCUT2D eigenvalue weighted by molar-refractivity contribution is -0.142. The van der Waals surface area contributed by atoms with Gasteiger partial charge in [0, 0.05) is 0 Å². The Morgan fingerprint density at radius 3 is 2.89 bits per heavy atom. The standard InChI is InChI=1S/C11H14N4O2S/c1-3-8(10(16)17-4-2)18-11-14-6-7(5-12)9(13)15-11/h6,8H,3-4H2,1-2H3,(H2,13,14,15). The lowest BCUT2D eigenvalue weighted by Gasteiger charge is -2.11. The van der Waals surface area contributed by atoms with Gasteiger partial charge in [-0.25, -0.2) is 9.97 Å². The third-order valence-electron chi connectivity index (χ3n) is 2.08. The first-order valence-electron chi connectivity index (χ1n) is 5.48. The summed E-state index contributed by atoms with van der Waals surface area (Å²) < 4.78 is 4.94. The van der Waals surface area contributed by atoms with Crippen molar-refractivity contribution in [3.05, 3.63) is 11.8 Å². The molecule has 1 aromatic rings. The number of nitrogen functional groups attached to an aromatic ring is 1. The van der Waals surface area contributed by atoms with E-state index < -0.39 is 0 Å². The van der Waals surface area contributed by atoms with E-state index in [0.717, 1.165) is 0 Å². The van der Waals surface area contributed by atoms with E-state index in [1.165, 1.54) is 18.0 Å². The lowest BCUT2D eigenvalue weighted by Crippen LogP contribution is -2.19. The Balaban J connectivity index is 2.80. The van der Waals surface area contributed by atoms with Crippen molar-refractivity contribution in [1.82, 2.24) is 9.97 Å². The molecule has 0 aliphatic heterocycles. The third-order valence-corrected chi connectivity index (χ3v) is 3.30. The molecule has 0 spiro atoms. The number of anilines is 1. The Bertz CT molecular complexity index is 473. The average Bonchev–Trinajstić information content (AvgIpc) is 2.36. The predicted octanol–water partition coefficient (Wildman–Crippen LogP) is 1.36. The van der Waals surface area contributed by atoms with E-state index in [1.807, 2.05) is 13.0 Å². The molecule has 96 valence electrons. The van der Waals surface area contributed by atoms with Gasteiger partial charge in [0.1, 0.15) is 22.7 Å². The highest BCUT2D eigenvalue weighted by molar-refractivity contribution is 8.00. The predicted molar refractivity (Wildman–Crippen MR) is 67.7 cm³/mol. The summed E-state index contributed by atoms with van der Waals surface area (Å²) in [5, 5.41) is 8.71. The maximum Gasteiger partial charge on any atom is 0.319 e. The van der Waals surface area contributed by atoms with Crippen molar-refractivity contribution >= 4 is 23.5 Å². The summed E-state index contributed by atoms with van der Waals surface area (Å²) in [7, 11) is 0. The molecule has 6 nitrogen and oxygen atoms in total. The first-order chi connectivity index (χ1) is 8.62. The second kappa shape index (κ2) is 6.81. The van der Waals surface area contributed by atoms with Crippen LogP contribution in [0, 0.1) is 11.3 Å². The number of aromatic nitrogens is 2. The van der Waals surface area contributed by atoms with Crippen LogP contribution in [0.5, 0.6) is 0 Å². The molecule has 1 atom stereocenters. The number of nitrogens with zero attached hydrogens (tertiary/aromatic N) is 3. The van der Waals surface area contributed by atoms with Gasteiger partial charge in [-0.05, 0) is 13.3 Å². The van der Waals surface area contributed by atoms with Gasteiger partial charge in [-0.2, -0.15) is 5.26 Å². The highest BCUT2D eigenvalue weighted by Crippen LogP contribution is 2.24. The molecule has 0 aliphatic carbocycles. The number of nitriles is 1. The Labute approximate surface area is 110 Å². The minimum atomic E-state index is -0.364. The Morgan fingerprint density at radius 1 is 1.67 bits per heavy atom. The average molecular weight is 266 g/mol. The lowest BCUT2D eigenvalue weighted by atomic mass is 10.3. The van der Waals surface area contributed by atoms with Gasteiger partial charge < -0.3 is 10.5 Å². The van der Waals surface area contributed by atoms with E-state index in [0.29, 0.717) is 18.2 Å². The van der Waals surface area contributed by atoms with E-state index >= 15 is 0 Å². The second-order valence-corrected chi connectivity index (χ2v) is 4.50. The fourth-order valence-corrected chi connectivity index (χ4v) is 2.03. The monoisotopic (exact) mass is 266 g/mol. The van der Waals surface area contributed by atoms with Gasteiger partial charge in [-0.1, -0.05) is 18.7 Å². The first kappa shape index (κ1) is 14.3. The largest absolute Gasteiger partial charge is 0.465 e. The van der Waals surface area contributed by atoms with Gasteiger partial charge >= 0.3 is 5.97 Å². The van der Waals surface area contributed by atoms with Crippen LogP contribution in [0.3, 0.4) is 0 Å². The fraction of sp³-hybridized carbons (Fsp3) is 0.455. The Hall–Kier alpha value is -1.81. The molecule has 0 radical (unpaired) electrons. The summed E-state index contributed by atoms with van der Waals surface area (Å²) in [6.07, 6.45) is 1.95. The summed E-state index contributed by atoms with van der Waals surface area (Å²) in [6.45, 7) is 3.97. The van der Waals surface area contributed by atoms with Crippen LogP contribution >= 0.6 is 11.8 Å². The van der Waals surface area contributed by atoms with Crippen molar-refractivity contribution in [3.63, 3.8) is 0 Å². The Kier molecular flexibility index (Phi) is 5.39. The zero-order valence-electron chi connectivity index (χ0n) is 10.2. The van der Waals surface area contributed by atoms with Crippen LogP contribution in [-0.4, -0.2) is 27.8 Å². The second-order valence-electron chi connectivity index (χ2n) is 3.33. The van der Waals surface area contributed by atoms with Crippen LogP contribution in [0.15, 0.2) is 11.4 Å². The van der Waals surface area contributed by atoms with Gasteiger partial charge in [0.05, 0.1) is 12.8 Å². The number of carbonyl (C=O) groups is 1. The summed E-state index contributed by atoms with van der Waals surface area (Å²) in [4.78, 5) is 19.6. The summed E-state index contributed by atoms with van der Waals surface area (Å²) in [6, 6.07) is 1.88. The maximum atomic E-state index is 11.6. The van der Waals surface area contributed by atoms with Crippen molar-refractivity contribution in [2.75, 3.05) is 12.3 Å². The topological polar surface area (TPSA) is 102 Å². The van der Waals surface area contributed by atoms with Gasteiger partial charge in [-0.3, -0.25) is 4.79 Å². The van der Waals surface area contributed by atoms with Crippen LogP contribution < -0.4 is 5.73 Å². The van der Waals surface area contributed by atoms with Crippen LogP contribution in [0.1, 0.15) is 25.8 Å². The van der Waals surface area contributed by atoms with Crippen molar-refractivity contribution in [1.29, 1.82) is 5.26 Å². The molecule has 0 fully saturated rings. The van der Waals surface area contributed by atoms with Crippen LogP contribution in [0.2, 0.25) is 0 Å². The summed E-state index contributed by atoms with van der Waals surface area (Å²) in [5.41, 5.74) is 5.81. The van der Waals surface area contributed by atoms with E-state index in [-0.39, 0.29) is 22.6 Å². The number of thioether (sulfide) groups is 1. The SMILES string of the molecule is CCOC(=O)C(CC)Sc1ncc(C#N)c(N)n1. The molecule has 2 N–H and O–H groups in total. The molecule has 1 heterocycles. The molecular formula is C11H14N4O2S. The molecule has 1 aromatic heterocycles. The van der Waals surface area contributed by atoms with Gasteiger partial charge in [0.25, 0.3) is 0 Å². The van der Waals surface area contributed by atoms with Crippen molar-refractivity contribution in [2.45, 2.75) is 30.7 Å². The van der Waals surface area contributed by atoms with Gasteiger partial charge in [0.15, 0.2) is 5.16 Å². The zero-order valence-corrected chi connectivity index (χ0v) is 11.0. The van der Waals surface area contributed by atoms with Gasteiger partial charge in [-0.15, -0.1) is 0 Å².